The minimum absolute atomic E-state index is 0. The number of hydrogen-bond donors (Lipinski definition) is 2. The summed E-state index contributed by atoms with van der Waals surface area (Å²) < 4.78 is 0. The Kier molecular flexibility index (Phi) is 7.39. The van der Waals surface area contributed by atoms with Gasteiger partial charge in [-0.2, -0.15) is 0 Å². The first kappa shape index (κ1) is 19.6. The molecule has 1 atom stereocenters. The lowest BCUT2D eigenvalue weighted by Crippen LogP contribution is -2.46. The molecular weight excluding hydrogens is 343 g/mol. The van der Waals surface area contributed by atoms with Crippen LogP contribution in [0, 0.1) is 5.92 Å². The summed E-state index contributed by atoms with van der Waals surface area (Å²) in [4.78, 5) is 13.0. The van der Waals surface area contributed by atoms with Crippen molar-refractivity contribution in [1.29, 1.82) is 0 Å². The Labute approximate surface area is 156 Å². The molecule has 0 spiro atoms. The van der Waals surface area contributed by atoms with Crippen LogP contribution in [0.1, 0.15) is 50.5 Å². The van der Waals surface area contributed by atoms with Crippen molar-refractivity contribution in [2.45, 2.75) is 50.4 Å². The van der Waals surface area contributed by atoms with Gasteiger partial charge in [0.05, 0.1) is 5.41 Å². The summed E-state index contributed by atoms with van der Waals surface area (Å²) >= 11 is 6.18. The van der Waals surface area contributed by atoms with E-state index in [-0.39, 0.29) is 23.7 Å². The van der Waals surface area contributed by atoms with Gasteiger partial charge in [0.2, 0.25) is 5.91 Å². The number of halogens is 2. The molecule has 3 nitrogen and oxygen atoms in total. The average Bonchev–Trinajstić information content (AvgIpc) is 3.09. The molecule has 0 radical (unpaired) electrons. The molecule has 1 aromatic carbocycles. The van der Waals surface area contributed by atoms with Crippen molar-refractivity contribution in [1.82, 2.24) is 10.6 Å². The molecule has 1 heterocycles. The zero-order valence-electron chi connectivity index (χ0n) is 14.2. The third-order valence-corrected chi connectivity index (χ3v) is 5.75. The van der Waals surface area contributed by atoms with E-state index in [0.29, 0.717) is 5.92 Å². The molecule has 0 bridgehead atoms. The SMILES string of the molecule is Cl.O=C(NCCC1CCNC1)C1(c2cccc(Cl)c2)CCCCC1. The van der Waals surface area contributed by atoms with E-state index in [1.165, 1.54) is 12.8 Å². The Morgan fingerprint density at radius 1 is 1.29 bits per heavy atom. The summed E-state index contributed by atoms with van der Waals surface area (Å²) in [7, 11) is 0. The van der Waals surface area contributed by atoms with Crippen LogP contribution < -0.4 is 10.6 Å². The molecule has 1 unspecified atom stereocenters. The highest BCUT2D eigenvalue weighted by Gasteiger charge is 2.41. The third kappa shape index (κ3) is 4.44. The maximum Gasteiger partial charge on any atom is 0.230 e. The minimum Gasteiger partial charge on any atom is -0.355 e. The monoisotopic (exact) mass is 370 g/mol. The second-order valence-corrected chi connectivity index (χ2v) is 7.49. The Morgan fingerprint density at radius 2 is 2.08 bits per heavy atom. The number of nitrogens with one attached hydrogen (secondary N) is 2. The highest BCUT2D eigenvalue weighted by Crippen LogP contribution is 2.40. The number of carbonyl (C=O) groups excluding carboxylic acids is 1. The molecule has 5 heteroatoms. The Balaban J connectivity index is 0.00000208. The summed E-state index contributed by atoms with van der Waals surface area (Å²) in [5.41, 5.74) is 0.710. The first-order valence-corrected chi connectivity index (χ1v) is 9.33. The topological polar surface area (TPSA) is 41.1 Å². The van der Waals surface area contributed by atoms with Crippen molar-refractivity contribution in [2.75, 3.05) is 19.6 Å². The standard InChI is InChI=1S/C19H27ClN2O.ClH/c20-17-6-4-5-16(13-17)19(9-2-1-3-10-19)18(23)22-12-8-15-7-11-21-14-15;/h4-6,13,15,21H,1-3,7-12,14H2,(H,22,23);1H. The first-order chi connectivity index (χ1) is 11.2. The van der Waals surface area contributed by atoms with Crippen LogP contribution in [0.25, 0.3) is 0 Å². The van der Waals surface area contributed by atoms with Gasteiger partial charge >= 0.3 is 0 Å². The molecule has 2 N–H and O–H groups in total. The molecule has 0 aromatic heterocycles. The molecular formula is C19H28Cl2N2O. The van der Waals surface area contributed by atoms with Gasteiger partial charge in [-0.1, -0.05) is 43.0 Å². The molecule has 3 rings (SSSR count). The first-order valence-electron chi connectivity index (χ1n) is 8.96. The Morgan fingerprint density at radius 3 is 2.75 bits per heavy atom. The molecule has 1 saturated carbocycles. The summed E-state index contributed by atoms with van der Waals surface area (Å²) in [5, 5.41) is 7.33. The maximum atomic E-state index is 13.0. The van der Waals surface area contributed by atoms with Crippen LogP contribution in [0.5, 0.6) is 0 Å². The lowest BCUT2D eigenvalue weighted by molar-refractivity contribution is -0.128. The van der Waals surface area contributed by atoms with E-state index in [2.05, 4.69) is 16.7 Å². The molecule has 134 valence electrons. The minimum atomic E-state index is -0.378. The van der Waals surface area contributed by atoms with E-state index in [4.69, 9.17) is 11.6 Å². The van der Waals surface area contributed by atoms with E-state index < -0.39 is 0 Å². The number of carbonyl (C=O) groups is 1. The van der Waals surface area contributed by atoms with Crippen LogP contribution in [0.2, 0.25) is 5.02 Å². The molecule has 1 aliphatic carbocycles. The molecule has 24 heavy (non-hydrogen) atoms. The van der Waals surface area contributed by atoms with Gasteiger partial charge in [-0.15, -0.1) is 12.4 Å². The largest absolute Gasteiger partial charge is 0.355 e. The fourth-order valence-corrected chi connectivity index (χ4v) is 4.30. The Hall–Kier alpha value is -0.770. The number of rotatable bonds is 5. The normalized spacial score (nSPS) is 22.6. The molecule has 2 fully saturated rings. The van der Waals surface area contributed by atoms with Gasteiger partial charge in [-0.05, 0) is 62.4 Å². The van der Waals surface area contributed by atoms with E-state index in [9.17, 15) is 4.79 Å². The Bertz CT molecular complexity index is 538. The van der Waals surface area contributed by atoms with Gasteiger partial charge < -0.3 is 10.6 Å². The van der Waals surface area contributed by atoms with Crippen LogP contribution in [0.4, 0.5) is 0 Å². The highest BCUT2D eigenvalue weighted by molar-refractivity contribution is 6.30. The zero-order chi connectivity index (χ0) is 16.1. The summed E-state index contributed by atoms with van der Waals surface area (Å²) in [5.74, 6) is 0.911. The van der Waals surface area contributed by atoms with Crippen molar-refractivity contribution in [3.05, 3.63) is 34.9 Å². The van der Waals surface area contributed by atoms with E-state index in [1.807, 2.05) is 18.2 Å². The van der Waals surface area contributed by atoms with Crippen LogP contribution in [0.15, 0.2) is 24.3 Å². The number of hydrogen-bond acceptors (Lipinski definition) is 2. The second-order valence-electron chi connectivity index (χ2n) is 7.06. The molecule has 1 aliphatic heterocycles. The predicted octanol–water partition coefficient (Wildman–Crippen LogP) is 4.08. The smallest absolute Gasteiger partial charge is 0.230 e. The molecule has 1 saturated heterocycles. The maximum absolute atomic E-state index is 13.0. The average molecular weight is 371 g/mol. The quantitative estimate of drug-likeness (QED) is 0.819. The van der Waals surface area contributed by atoms with E-state index >= 15 is 0 Å². The lowest BCUT2D eigenvalue weighted by Gasteiger charge is -2.36. The van der Waals surface area contributed by atoms with E-state index in [1.54, 1.807) is 0 Å². The van der Waals surface area contributed by atoms with Gasteiger partial charge in [0.15, 0.2) is 0 Å². The molecule has 1 amide bonds. The number of benzene rings is 1. The summed E-state index contributed by atoms with van der Waals surface area (Å²) in [6.07, 6.45) is 7.64. The third-order valence-electron chi connectivity index (χ3n) is 5.52. The summed E-state index contributed by atoms with van der Waals surface area (Å²) in [6.45, 7) is 2.99. The van der Waals surface area contributed by atoms with Crippen molar-refractivity contribution in [2.24, 2.45) is 5.92 Å². The highest BCUT2D eigenvalue weighted by atomic mass is 35.5. The van der Waals surface area contributed by atoms with Crippen LogP contribution in [-0.4, -0.2) is 25.5 Å². The van der Waals surface area contributed by atoms with Crippen molar-refractivity contribution < 1.29 is 4.79 Å². The lowest BCUT2D eigenvalue weighted by atomic mass is 9.68. The number of amides is 1. The fourth-order valence-electron chi connectivity index (χ4n) is 4.11. The second kappa shape index (κ2) is 9.07. The van der Waals surface area contributed by atoms with Crippen LogP contribution in [-0.2, 0) is 10.2 Å². The van der Waals surface area contributed by atoms with Gasteiger partial charge in [0.25, 0.3) is 0 Å². The van der Waals surface area contributed by atoms with Crippen molar-refractivity contribution in [3.63, 3.8) is 0 Å². The molecule has 2 aliphatic rings. The van der Waals surface area contributed by atoms with Crippen molar-refractivity contribution >= 4 is 29.9 Å². The summed E-state index contributed by atoms with van der Waals surface area (Å²) in [6, 6.07) is 7.89. The van der Waals surface area contributed by atoms with Crippen LogP contribution >= 0.6 is 24.0 Å². The van der Waals surface area contributed by atoms with Gasteiger partial charge in [0, 0.05) is 11.6 Å². The molecule has 1 aromatic rings. The van der Waals surface area contributed by atoms with Gasteiger partial charge in [0.1, 0.15) is 0 Å². The van der Waals surface area contributed by atoms with Crippen LogP contribution in [0.3, 0.4) is 0 Å². The van der Waals surface area contributed by atoms with Gasteiger partial charge in [-0.25, -0.2) is 0 Å². The van der Waals surface area contributed by atoms with Gasteiger partial charge in [-0.3, -0.25) is 4.79 Å². The zero-order valence-corrected chi connectivity index (χ0v) is 15.7. The fraction of sp³-hybridized carbons (Fsp3) is 0.632. The predicted molar refractivity (Wildman–Crippen MR) is 102 cm³/mol. The van der Waals surface area contributed by atoms with E-state index in [0.717, 1.165) is 62.3 Å². The van der Waals surface area contributed by atoms with Crippen molar-refractivity contribution in [3.8, 4) is 0 Å².